The Balaban J connectivity index is 1.92. The molecule has 0 aliphatic rings. The molecule has 1 amide bonds. The number of rotatable bonds is 6. The number of benzene rings is 3. The fourth-order valence-corrected chi connectivity index (χ4v) is 4.67. The molecular formula is C22H24N2O3S. The molecule has 0 fully saturated rings. The predicted molar refractivity (Wildman–Crippen MR) is 113 cm³/mol. The minimum Gasteiger partial charge on any atom is -0.322 e. The van der Waals surface area contributed by atoms with Gasteiger partial charge in [-0.25, -0.2) is 8.42 Å². The van der Waals surface area contributed by atoms with Gasteiger partial charge in [-0.15, -0.1) is 0 Å². The van der Waals surface area contributed by atoms with Crippen LogP contribution in [0.5, 0.6) is 0 Å². The standard InChI is InChI=1S/C22H24N2O3S/c1-4-24(5-2)28(26,27)20-13-10-16(3)21(15-20)22(25)23-19-12-11-17-8-6-7-9-18(17)14-19/h6-15H,4-5H2,1-3H3,(H,23,25). The summed E-state index contributed by atoms with van der Waals surface area (Å²) in [6.45, 7) is 6.14. The second kappa shape index (κ2) is 8.12. The molecule has 0 aliphatic carbocycles. The fourth-order valence-electron chi connectivity index (χ4n) is 3.18. The summed E-state index contributed by atoms with van der Waals surface area (Å²) in [7, 11) is -3.62. The topological polar surface area (TPSA) is 66.5 Å². The predicted octanol–water partition coefficient (Wildman–Crippen LogP) is 4.43. The third-order valence-corrected chi connectivity index (χ3v) is 6.85. The zero-order chi connectivity index (χ0) is 20.3. The van der Waals surface area contributed by atoms with Gasteiger partial charge in [-0.2, -0.15) is 4.31 Å². The third-order valence-electron chi connectivity index (χ3n) is 4.80. The Morgan fingerprint density at radius 1 is 0.929 bits per heavy atom. The average molecular weight is 397 g/mol. The lowest BCUT2D eigenvalue weighted by molar-refractivity contribution is 0.102. The van der Waals surface area contributed by atoms with Gasteiger partial charge < -0.3 is 5.32 Å². The molecule has 0 aliphatic heterocycles. The summed E-state index contributed by atoms with van der Waals surface area (Å²) in [4.78, 5) is 13.0. The van der Waals surface area contributed by atoms with Crippen LogP contribution in [0, 0.1) is 6.92 Å². The number of anilines is 1. The van der Waals surface area contributed by atoms with Crippen molar-refractivity contribution in [3.8, 4) is 0 Å². The van der Waals surface area contributed by atoms with Crippen LogP contribution in [-0.2, 0) is 10.0 Å². The van der Waals surface area contributed by atoms with Crippen LogP contribution in [0.15, 0.2) is 65.6 Å². The van der Waals surface area contributed by atoms with E-state index in [9.17, 15) is 13.2 Å². The molecule has 0 unspecified atom stereocenters. The van der Waals surface area contributed by atoms with Crippen LogP contribution in [0.2, 0.25) is 0 Å². The monoisotopic (exact) mass is 396 g/mol. The first-order chi connectivity index (χ1) is 13.4. The molecule has 0 spiro atoms. The van der Waals surface area contributed by atoms with Crippen LogP contribution < -0.4 is 5.32 Å². The van der Waals surface area contributed by atoms with Crippen LogP contribution in [0.1, 0.15) is 29.8 Å². The maximum Gasteiger partial charge on any atom is 0.255 e. The highest BCUT2D eigenvalue weighted by molar-refractivity contribution is 7.89. The minimum absolute atomic E-state index is 0.130. The molecule has 0 atom stereocenters. The molecule has 28 heavy (non-hydrogen) atoms. The Morgan fingerprint density at radius 3 is 2.29 bits per heavy atom. The van der Waals surface area contributed by atoms with Crippen LogP contribution in [-0.4, -0.2) is 31.7 Å². The molecular weight excluding hydrogens is 372 g/mol. The maximum atomic E-state index is 12.8. The van der Waals surface area contributed by atoms with E-state index in [1.54, 1.807) is 32.9 Å². The van der Waals surface area contributed by atoms with Gasteiger partial charge in [0.15, 0.2) is 0 Å². The highest BCUT2D eigenvalue weighted by Gasteiger charge is 2.23. The lowest BCUT2D eigenvalue weighted by Crippen LogP contribution is -2.30. The summed E-state index contributed by atoms with van der Waals surface area (Å²) >= 11 is 0. The number of hydrogen-bond acceptors (Lipinski definition) is 3. The van der Waals surface area contributed by atoms with Gasteiger partial charge in [0.25, 0.3) is 5.91 Å². The molecule has 0 radical (unpaired) electrons. The summed E-state index contributed by atoms with van der Waals surface area (Å²) in [6, 6.07) is 18.3. The molecule has 0 bridgehead atoms. The smallest absolute Gasteiger partial charge is 0.255 e. The second-order valence-electron chi connectivity index (χ2n) is 6.58. The number of carbonyl (C=O) groups excluding carboxylic acids is 1. The van der Waals surface area contributed by atoms with E-state index < -0.39 is 10.0 Å². The first-order valence-electron chi connectivity index (χ1n) is 9.27. The van der Waals surface area contributed by atoms with Crippen LogP contribution in [0.4, 0.5) is 5.69 Å². The molecule has 0 saturated heterocycles. The number of aryl methyl sites for hydroxylation is 1. The number of carbonyl (C=O) groups is 1. The van der Waals surface area contributed by atoms with Crippen LogP contribution in [0.3, 0.4) is 0 Å². The van der Waals surface area contributed by atoms with Gasteiger partial charge in [-0.05, 0) is 47.5 Å². The lowest BCUT2D eigenvalue weighted by atomic mass is 10.1. The van der Waals surface area contributed by atoms with E-state index in [0.717, 1.165) is 16.3 Å². The second-order valence-corrected chi connectivity index (χ2v) is 8.52. The van der Waals surface area contributed by atoms with Gasteiger partial charge in [-0.1, -0.05) is 50.2 Å². The molecule has 0 saturated carbocycles. The Labute approximate surface area is 166 Å². The van der Waals surface area contributed by atoms with Crippen molar-refractivity contribution in [2.75, 3.05) is 18.4 Å². The highest BCUT2D eigenvalue weighted by atomic mass is 32.2. The third kappa shape index (κ3) is 3.93. The van der Waals surface area contributed by atoms with E-state index in [0.29, 0.717) is 24.3 Å². The lowest BCUT2D eigenvalue weighted by Gasteiger charge is -2.19. The zero-order valence-corrected chi connectivity index (χ0v) is 17.1. The molecule has 3 aromatic carbocycles. The normalized spacial score (nSPS) is 11.7. The Morgan fingerprint density at radius 2 is 1.61 bits per heavy atom. The van der Waals surface area contributed by atoms with Crippen molar-refractivity contribution in [3.05, 3.63) is 71.8 Å². The number of nitrogens with one attached hydrogen (secondary N) is 1. The summed E-state index contributed by atoms with van der Waals surface area (Å²) in [6.07, 6.45) is 0. The Kier molecular flexibility index (Phi) is 5.82. The van der Waals surface area contributed by atoms with E-state index in [1.807, 2.05) is 42.5 Å². The van der Waals surface area contributed by atoms with Gasteiger partial charge in [0.2, 0.25) is 10.0 Å². The summed E-state index contributed by atoms with van der Waals surface area (Å²) in [5, 5.41) is 4.99. The van der Waals surface area contributed by atoms with Gasteiger partial charge in [0.05, 0.1) is 4.90 Å². The highest BCUT2D eigenvalue weighted by Crippen LogP contribution is 2.22. The molecule has 3 aromatic rings. The van der Waals surface area contributed by atoms with Gasteiger partial charge in [0, 0.05) is 24.3 Å². The van der Waals surface area contributed by atoms with Gasteiger partial charge in [0.1, 0.15) is 0 Å². The number of amides is 1. The summed E-state index contributed by atoms with van der Waals surface area (Å²) in [5.74, 6) is -0.329. The van der Waals surface area contributed by atoms with Crippen molar-refractivity contribution in [3.63, 3.8) is 0 Å². The quantitative estimate of drug-likeness (QED) is 0.670. The van der Waals surface area contributed by atoms with E-state index in [4.69, 9.17) is 0 Å². The molecule has 5 nitrogen and oxygen atoms in total. The molecule has 0 heterocycles. The minimum atomic E-state index is -3.62. The van der Waals surface area contributed by atoms with E-state index in [1.165, 1.54) is 10.4 Å². The maximum absolute atomic E-state index is 12.8. The number of fused-ring (bicyclic) bond motifs is 1. The largest absolute Gasteiger partial charge is 0.322 e. The SMILES string of the molecule is CCN(CC)S(=O)(=O)c1ccc(C)c(C(=O)Nc2ccc3ccccc3c2)c1. The van der Waals surface area contributed by atoms with Gasteiger partial charge in [-0.3, -0.25) is 4.79 Å². The van der Waals surface area contributed by atoms with E-state index in [2.05, 4.69) is 5.32 Å². The Bertz CT molecular complexity index is 1120. The van der Waals surface area contributed by atoms with E-state index in [-0.39, 0.29) is 10.8 Å². The average Bonchev–Trinajstić information content (AvgIpc) is 2.68. The van der Waals surface area contributed by atoms with Crippen LogP contribution in [0.25, 0.3) is 10.8 Å². The molecule has 146 valence electrons. The first-order valence-corrected chi connectivity index (χ1v) is 10.7. The van der Waals surface area contributed by atoms with Crippen molar-refractivity contribution in [2.24, 2.45) is 0 Å². The van der Waals surface area contributed by atoms with Crippen molar-refractivity contribution in [1.29, 1.82) is 0 Å². The van der Waals surface area contributed by atoms with Crippen molar-refractivity contribution in [2.45, 2.75) is 25.7 Å². The van der Waals surface area contributed by atoms with E-state index >= 15 is 0 Å². The molecule has 6 heteroatoms. The zero-order valence-electron chi connectivity index (χ0n) is 16.3. The number of hydrogen-bond donors (Lipinski definition) is 1. The molecule has 3 rings (SSSR count). The molecule has 1 N–H and O–H groups in total. The fraction of sp³-hybridized carbons (Fsp3) is 0.227. The van der Waals surface area contributed by atoms with Crippen LogP contribution >= 0.6 is 0 Å². The summed E-state index contributed by atoms with van der Waals surface area (Å²) in [5.41, 5.74) is 1.73. The summed E-state index contributed by atoms with van der Waals surface area (Å²) < 4.78 is 26.9. The Hall–Kier alpha value is -2.70. The van der Waals surface area contributed by atoms with Crippen molar-refractivity contribution >= 4 is 32.4 Å². The van der Waals surface area contributed by atoms with Gasteiger partial charge >= 0.3 is 0 Å². The molecule has 0 aromatic heterocycles. The first kappa shape index (κ1) is 20.0. The number of nitrogens with zero attached hydrogens (tertiary/aromatic N) is 1. The number of sulfonamides is 1. The van der Waals surface area contributed by atoms with Crippen molar-refractivity contribution < 1.29 is 13.2 Å². The van der Waals surface area contributed by atoms with Crippen molar-refractivity contribution in [1.82, 2.24) is 4.31 Å².